The first-order valence-corrected chi connectivity index (χ1v) is 5.91. The molecule has 1 rings (SSSR count). The highest BCUT2D eigenvalue weighted by Gasteiger charge is 2.22. The zero-order valence-corrected chi connectivity index (χ0v) is 11.5. The van der Waals surface area contributed by atoms with E-state index < -0.39 is 12.0 Å². The van der Waals surface area contributed by atoms with E-state index in [-0.39, 0.29) is 5.92 Å². The second-order valence-corrected chi connectivity index (χ2v) is 4.64. The maximum atomic E-state index is 11.1. The normalized spacial score (nSPS) is 12.8. The molecule has 1 aromatic rings. The van der Waals surface area contributed by atoms with Crippen LogP contribution in [0.2, 0.25) is 0 Å². The standard InChI is InChI=1S/C12H21N3O3/c1-7(2)10(12(16)17)13-6-9-8(3)14-15(4)11(9)18-5/h7,10,13H,6H2,1-5H3,(H,16,17). The maximum Gasteiger partial charge on any atom is 0.320 e. The lowest BCUT2D eigenvalue weighted by Gasteiger charge is -2.18. The molecule has 6 nitrogen and oxygen atoms in total. The molecule has 1 unspecified atom stereocenters. The third-order valence-electron chi connectivity index (χ3n) is 2.91. The van der Waals surface area contributed by atoms with Gasteiger partial charge in [-0.2, -0.15) is 5.10 Å². The van der Waals surface area contributed by atoms with Gasteiger partial charge in [0.15, 0.2) is 0 Å². The summed E-state index contributed by atoms with van der Waals surface area (Å²) in [5.74, 6) is -0.163. The van der Waals surface area contributed by atoms with Gasteiger partial charge in [0.2, 0.25) is 5.88 Å². The Balaban J connectivity index is 2.82. The molecule has 0 bridgehead atoms. The number of nitrogens with zero attached hydrogens (tertiary/aromatic N) is 2. The number of hydrogen-bond donors (Lipinski definition) is 2. The molecule has 0 fully saturated rings. The van der Waals surface area contributed by atoms with E-state index in [1.54, 1.807) is 18.8 Å². The van der Waals surface area contributed by atoms with E-state index in [0.717, 1.165) is 11.3 Å². The summed E-state index contributed by atoms with van der Waals surface area (Å²) < 4.78 is 6.91. The molecule has 0 saturated carbocycles. The van der Waals surface area contributed by atoms with Gasteiger partial charge in [0.1, 0.15) is 6.04 Å². The Bertz CT molecular complexity index is 426. The SMILES string of the molecule is COc1c(CNC(C(=O)O)C(C)C)c(C)nn1C. The minimum atomic E-state index is -0.842. The lowest BCUT2D eigenvalue weighted by atomic mass is 10.0. The fraction of sp³-hybridized carbons (Fsp3) is 0.667. The van der Waals surface area contributed by atoms with E-state index in [9.17, 15) is 4.79 Å². The Labute approximate surface area is 107 Å². The zero-order chi connectivity index (χ0) is 13.9. The van der Waals surface area contributed by atoms with Crippen molar-refractivity contribution in [3.8, 4) is 5.88 Å². The van der Waals surface area contributed by atoms with Gasteiger partial charge in [-0.3, -0.25) is 10.1 Å². The minimum absolute atomic E-state index is 0.0190. The summed E-state index contributed by atoms with van der Waals surface area (Å²) in [7, 11) is 3.38. The molecule has 0 aliphatic heterocycles. The molecule has 1 heterocycles. The zero-order valence-electron chi connectivity index (χ0n) is 11.5. The number of hydrogen-bond acceptors (Lipinski definition) is 4. The van der Waals surface area contributed by atoms with Crippen LogP contribution in [-0.2, 0) is 18.4 Å². The Morgan fingerprint density at radius 1 is 1.56 bits per heavy atom. The number of methoxy groups -OCH3 is 1. The van der Waals surface area contributed by atoms with Crippen molar-refractivity contribution in [2.75, 3.05) is 7.11 Å². The molecule has 6 heteroatoms. The monoisotopic (exact) mass is 255 g/mol. The van der Waals surface area contributed by atoms with Crippen molar-refractivity contribution in [3.63, 3.8) is 0 Å². The molecule has 1 aromatic heterocycles. The van der Waals surface area contributed by atoms with Crippen LogP contribution in [0.5, 0.6) is 5.88 Å². The molecule has 0 aliphatic rings. The van der Waals surface area contributed by atoms with E-state index in [1.165, 1.54) is 0 Å². The van der Waals surface area contributed by atoms with Crippen LogP contribution < -0.4 is 10.1 Å². The van der Waals surface area contributed by atoms with Gasteiger partial charge >= 0.3 is 5.97 Å². The lowest BCUT2D eigenvalue weighted by molar-refractivity contribution is -0.140. The van der Waals surface area contributed by atoms with Crippen molar-refractivity contribution in [3.05, 3.63) is 11.3 Å². The fourth-order valence-electron chi connectivity index (χ4n) is 1.96. The third kappa shape index (κ3) is 3.01. The van der Waals surface area contributed by atoms with E-state index >= 15 is 0 Å². The quantitative estimate of drug-likeness (QED) is 0.791. The molecule has 1 atom stereocenters. The molecule has 0 aliphatic carbocycles. The minimum Gasteiger partial charge on any atom is -0.481 e. The predicted molar refractivity (Wildman–Crippen MR) is 67.6 cm³/mol. The summed E-state index contributed by atoms with van der Waals surface area (Å²) in [5.41, 5.74) is 1.74. The summed E-state index contributed by atoms with van der Waals surface area (Å²) in [6.07, 6.45) is 0. The van der Waals surface area contributed by atoms with Gasteiger partial charge < -0.3 is 9.84 Å². The van der Waals surface area contributed by atoms with Crippen molar-refractivity contribution in [2.45, 2.75) is 33.4 Å². The number of rotatable bonds is 6. The molecule has 18 heavy (non-hydrogen) atoms. The van der Waals surface area contributed by atoms with Crippen molar-refractivity contribution >= 4 is 5.97 Å². The van der Waals surface area contributed by atoms with Crippen LogP contribution in [0.1, 0.15) is 25.1 Å². The summed E-state index contributed by atoms with van der Waals surface area (Å²) in [6, 6.07) is -0.575. The molecule has 0 amide bonds. The van der Waals surface area contributed by atoms with Gasteiger partial charge in [-0.1, -0.05) is 13.8 Å². The Hall–Kier alpha value is -1.56. The van der Waals surface area contributed by atoms with Crippen LogP contribution in [0, 0.1) is 12.8 Å². The smallest absolute Gasteiger partial charge is 0.320 e. The number of carboxylic acids is 1. The van der Waals surface area contributed by atoms with E-state index in [0.29, 0.717) is 12.4 Å². The van der Waals surface area contributed by atoms with E-state index in [4.69, 9.17) is 9.84 Å². The van der Waals surface area contributed by atoms with E-state index in [1.807, 2.05) is 20.8 Å². The average Bonchev–Trinajstić information content (AvgIpc) is 2.52. The van der Waals surface area contributed by atoms with Crippen LogP contribution in [-0.4, -0.2) is 34.0 Å². The van der Waals surface area contributed by atoms with Crippen LogP contribution >= 0.6 is 0 Å². The highest BCUT2D eigenvalue weighted by atomic mass is 16.5. The predicted octanol–water partition coefficient (Wildman–Crippen LogP) is 0.936. The van der Waals surface area contributed by atoms with Gasteiger partial charge in [0.25, 0.3) is 0 Å². The number of carboxylic acid groups (broad SMARTS) is 1. The van der Waals surface area contributed by atoms with Crippen LogP contribution in [0.15, 0.2) is 0 Å². The van der Waals surface area contributed by atoms with Gasteiger partial charge in [0.05, 0.1) is 18.4 Å². The number of aromatic nitrogens is 2. The van der Waals surface area contributed by atoms with Gasteiger partial charge in [-0.15, -0.1) is 0 Å². The molecule has 0 radical (unpaired) electrons. The summed E-state index contributed by atoms with van der Waals surface area (Å²) in [6.45, 7) is 6.06. The molecule has 102 valence electrons. The number of aliphatic carboxylic acids is 1. The number of carbonyl (C=O) groups is 1. The average molecular weight is 255 g/mol. The maximum absolute atomic E-state index is 11.1. The molecule has 0 saturated heterocycles. The number of ether oxygens (including phenoxy) is 1. The largest absolute Gasteiger partial charge is 0.481 e. The number of nitrogens with one attached hydrogen (secondary N) is 1. The molecular formula is C12H21N3O3. The summed E-state index contributed by atoms with van der Waals surface area (Å²) in [5, 5.41) is 16.4. The Morgan fingerprint density at radius 2 is 2.17 bits per heavy atom. The summed E-state index contributed by atoms with van der Waals surface area (Å²) in [4.78, 5) is 11.1. The number of aryl methyl sites for hydroxylation is 2. The van der Waals surface area contributed by atoms with Crippen molar-refractivity contribution < 1.29 is 14.6 Å². The van der Waals surface area contributed by atoms with Gasteiger partial charge in [-0.05, 0) is 12.8 Å². The van der Waals surface area contributed by atoms with Crippen molar-refractivity contribution in [2.24, 2.45) is 13.0 Å². The highest BCUT2D eigenvalue weighted by molar-refractivity contribution is 5.73. The first kappa shape index (κ1) is 14.5. The van der Waals surface area contributed by atoms with Crippen LogP contribution in [0.25, 0.3) is 0 Å². The van der Waals surface area contributed by atoms with Gasteiger partial charge in [-0.25, -0.2) is 4.68 Å². The second-order valence-electron chi connectivity index (χ2n) is 4.64. The van der Waals surface area contributed by atoms with Crippen LogP contribution in [0.4, 0.5) is 0 Å². The molecule has 2 N–H and O–H groups in total. The van der Waals surface area contributed by atoms with Crippen LogP contribution in [0.3, 0.4) is 0 Å². The first-order valence-electron chi connectivity index (χ1n) is 5.91. The third-order valence-corrected chi connectivity index (χ3v) is 2.91. The highest BCUT2D eigenvalue weighted by Crippen LogP contribution is 2.20. The van der Waals surface area contributed by atoms with E-state index in [2.05, 4.69) is 10.4 Å². The van der Waals surface area contributed by atoms with Gasteiger partial charge in [0, 0.05) is 13.6 Å². The fourth-order valence-corrected chi connectivity index (χ4v) is 1.96. The summed E-state index contributed by atoms with van der Waals surface area (Å²) >= 11 is 0. The first-order chi connectivity index (χ1) is 8.38. The molecule has 0 aromatic carbocycles. The topological polar surface area (TPSA) is 76.4 Å². The molecular weight excluding hydrogens is 234 g/mol. The Kier molecular flexibility index (Phi) is 4.72. The lowest BCUT2D eigenvalue weighted by Crippen LogP contribution is -2.40. The Morgan fingerprint density at radius 3 is 2.61 bits per heavy atom. The molecule has 0 spiro atoms. The second kappa shape index (κ2) is 5.86. The van der Waals surface area contributed by atoms with Crippen molar-refractivity contribution in [1.82, 2.24) is 15.1 Å². The van der Waals surface area contributed by atoms with Crippen molar-refractivity contribution in [1.29, 1.82) is 0 Å².